The molecule has 4 heteroatoms. The van der Waals surface area contributed by atoms with Gasteiger partial charge in [0.15, 0.2) is 0 Å². The molecule has 0 amide bonds. The third-order valence-corrected chi connectivity index (χ3v) is 5.71. The molecule has 0 saturated carbocycles. The van der Waals surface area contributed by atoms with E-state index in [1.807, 2.05) is 24.5 Å². The van der Waals surface area contributed by atoms with E-state index in [0.29, 0.717) is 6.42 Å². The molecule has 1 aliphatic heterocycles. The van der Waals surface area contributed by atoms with Crippen molar-refractivity contribution in [3.05, 3.63) is 65.1 Å². The molecule has 1 aliphatic rings. The van der Waals surface area contributed by atoms with Gasteiger partial charge in [-0.25, -0.2) is 0 Å². The second-order valence-corrected chi connectivity index (χ2v) is 7.93. The summed E-state index contributed by atoms with van der Waals surface area (Å²) in [5, 5.41) is 1.37. The minimum Gasteiger partial charge on any atom is -0.344 e. The fourth-order valence-corrected chi connectivity index (χ4v) is 4.40. The molecule has 4 nitrogen and oxygen atoms in total. The van der Waals surface area contributed by atoms with Crippen molar-refractivity contribution in [1.82, 2.24) is 14.5 Å². The number of rotatable bonds is 5. The molecule has 0 saturated heterocycles. The van der Waals surface area contributed by atoms with Crippen molar-refractivity contribution < 1.29 is 4.79 Å². The van der Waals surface area contributed by atoms with Gasteiger partial charge in [-0.15, -0.1) is 0 Å². The summed E-state index contributed by atoms with van der Waals surface area (Å²) in [4.78, 5) is 18.5. The quantitative estimate of drug-likeness (QED) is 0.687. The minimum absolute atomic E-state index is 0.172. The van der Waals surface area contributed by atoms with E-state index in [4.69, 9.17) is 0 Å². The van der Waals surface area contributed by atoms with Crippen LogP contribution in [0.1, 0.15) is 41.6 Å². The van der Waals surface area contributed by atoms with Gasteiger partial charge in [0.05, 0.1) is 0 Å². The Labute approximate surface area is 160 Å². The average molecular weight is 361 g/mol. The van der Waals surface area contributed by atoms with Crippen molar-refractivity contribution in [1.29, 1.82) is 0 Å². The van der Waals surface area contributed by atoms with Crippen molar-refractivity contribution in [3.8, 4) is 0 Å². The van der Waals surface area contributed by atoms with E-state index in [0.717, 1.165) is 26.1 Å². The van der Waals surface area contributed by atoms with Crippen LogP contribution in [0.2, 0.25) is 0 Å². The van der Waals surface area contributed by atoms with Crippen molar-refractivity contribution in [2.75, 3.05) is 13.6 Å². The third kappa shape index (κ3) is 3.54. The minimum atomic E-state index is 0.172. The molecule has 27 heavy (non-hydrogen) atoms. The van der Waals surface area contributed by atoms with Crippen LogP contribution in [0.5, 0.6) is 0 Å². The van der Waals surface area contributed by atoms with Crippen LogP contribution in [0.3, 0.4) is 0 Å². The number of carbonyl (C=O) groups excluding carboxylic acids is 1. The zero-order valence-electron chi connectivity index (χ0n) is 16.4. The molecular formula is C23H27N3O. The number of fused-ring (bicyclic) bond motifs is 3. The molecule has 2 aromatic heterocycles. The summed E-state index contributed by atoms with van der Waals surface area (Å²) in [5.74, 6) is 0.406. The number of hydrogen-bond donors (Lipinski definition) is 0. The number of aromatic nitrogens is 2. The number of Topliss-reactive ketones (excluding diaryl/α,β-unsaturated/α-hetero) is 1. The summed E-state index contributed by atoms with van der Waals surface area (Å²) in [6.07, 6.45) is 5.26. The molecule has 0 N–H and O–H groups in total. The fraction of sp³-hybridized carbons (Fsp3) is 0.391. The number of ketones is 1. The van der Waals surface area contributed by atoms with Crippen molar-refractivity contribution in [2.24, 2.45) is 0 Å². The van der Waals surface area contributed by atoms with E-state index in [1.54, 1.807) is 6.92 Å². The predicted octanol–water partition coefficient (Wildman–Crippen LogP) is 4.10. The van der Waals surface area contributed by atoms with Crippen LogP contribution in [-0.2, 0) is 24.3 Å². The molecule has 0 radical (unpaired) electrons. The normalized spacial score (nSPS) is 15.7. The first-order valence-electron chi connectivity index (χ1n) is 9.71. The lowest BCUT2D eigenvalue weighted by atomic mass is 9.94. The van der Waals surface area contributed by atoms with Crippen LogP contribution in [0.25, 0.3) is 10.9 Å². The van der Waals surface area contributed by atoms with Gasteiger partial charge in [-0.2, -0.15) is 0 Å². The largest absolute Gasteiger partial charge is 0.344 e. The highest BCUT2D eigenvalue weighted by atomic mass is 16.1. The highest BCUT2D eigenvalue weighted by Crippen LogP contribution is 2.34. The number of nitrogens with zero attached hydrogens (tertiary/aromatic N) is 3. The van der Waals surface area contributed by atoms with Gasteiger partial charge in [0, 0.05) is 67.4 Å². The van der Waals surface area contributed by atoms with Crippen LogP contribution in [-0.4, -0.2) is 33.8 Å². The van der Waals surface area contributed by atoms with Crippen molar-refractivity contribution >= 4 is 16.7 Å². The van der Waals surface area contributed by atoms with Gasteiger partial charge in [-0.05, 0) is 56.3 Å². The molecule has 0 fully saturated rings. The van der Waals surface area contributed by atoms with Crippen LogP contribution >= 0.6 is 0 Å². The van der Waals surface area contributed by atoms with E-state index in [9.17, 15) is 4.79 Å². The Morgan fingerprint density at radius 1 is 1.22 bits per heavy atom. The van der Waals surface area contributed by atoms with E-state index < -0.39 is 0 Å². The maximum absolute atomic E-state index is 12.0. The van der Waals surface area contributed by atoms with Gasteiger partial charge in [-0.3, -0.25) is 4.98 Å². The van der Waals surface area contributed by atoms with Gasteiger partial charge in [-0.1, -0.05) is 11.6 Å². The van der Waals surface area contributed by atoms with E-state index >= 15 is 0 Å². The molecule has 1 aromatic carbocycles. The number of hydrogen-bond acceptors (Lipinski definition) is 3. The molecule has 4 rings (SSSR count). The van der Waals surface area contributed by atoms with E-state index in [1.165, 1.54) is 33.3 Å². The summed E-state index contributed by atoms with van der Waals surface area (Å²) >= 11 is 0. The molecule has 3 aromatic rings. The standard InChI is InChI=1S/C23H27N3O/c1-16-4-5-22-20(12-16)21-15-25(3)11-8-23(21)26(22)14-19(13-17(2)27)18-6-9-24-10-7-18/h4-7,9-10,12,19H,8,11,13-15H2,1-3H3. The summed E-state index contributed by atoms with van der Waals surface area (Å²) in [6.45, 7) is 6.76. The second-order valence-electron chi connectivity index (χ2n) is 7.93. The van der Waals surface area contributed by atoms with Gasteiger partial charge >= 0.3 is 0 Å². The molecule has 0 bridgehead atoms. The number of benzene rings is 1. The average Bonchev–Trinajstić information content (AvgIpc) is 2.94. The third-order valence-electron chi connectivity index (χ3n) is 5.71. The zero-order valence-corrected chi connectivity index (χ0v) is 16.4. The maximum atomic E-state index is 12.0. The van der Waals surface area contributed by atoms with Crippen LogP contribution in [0, 0.1) is 6.92 Å². The summed E-state index contributed by atoms with van der Waals surface area (Å²) < 4.78 is 2.48. The van der Waals surface area contributed by atoms with Crippen molar-refractivity contribution in [3.63, 3.8) is 0 Å². The zero-order chi connectivity index (χ0) is 19.0. The Balaban J connectivity index is 1.81. The predicted molar refractivity (Wildman–Crippen MR) is 109 cm³/mol. The molecule has 0 spiro atoms. The highest BCUT2D eigenvalue weighted by molar-refractivity contribution is 5.86. The van der Waals surface area contributed by atoms with Crippen LogP contribution < -0.4 is 0 Å². The Morgan fingerprint density at radius 2 is 2.00 bits per heavy atom. The SMILES string of the molecule is CC(=O)CC(Cn1c2c(c3cc(C)ccc31)CN(C)CC2)c1ccncc1. The fourth-order valence-electron chi connectivity index (χ4n) is 4.40. The molecule has 3 heterocycles. The smallest absolute Gasteiger partial charge is 0.130 e. The second kappa shape index (κ2) is 7.28. The lowest BCUT2D eigenvalue weighted by Crippen LogP contribution is -2.28. The number of pyridine rings is 1. The molecule has 0 aliphatic carbocycles. The number of carbonyl (C=O) groups is 1. The van der Waals surface area contributed by atoms with Gasteiger partial charge in [0.25, 0.3) is 0 Å². The lowest BCUT2D eigenvalue weighted by molar-refractivity contribution is -0.117. The van der Waals surface area contributed by atoms with E-state index in [-0.39, 0.29) is 11.7 Å². The first-order chi connectivity index (χ1) is 13.0. The summed E-state index contributed by atoms with van der Waals surface area (Å²) in [7, 11) is 2.19. The Morgan fingerprint density at radius 3 is 2.74 bits per heavy atom. The van der Waals surface area contributed by atoms with Crippen LogP contribution in [0.15, 0.2) is 42.7 Å². The monoisotopic (exact) mass is 361 g/mol. The molecule has 1 atom stereocenters. The number of likely N-dealkylation sites (N-methyl/N-ethyl adjacent to an activating group) is 1. The topological polar surface area (TPSA) is 38.1 Å². The van der Waals surface area contributed by atoms with Crippen molar-refractivity contribution in [2.45, 2.75) is 45.7 Å². The lowest BCUT2D eigenvalue weighted by Gasteiger charge is -2.26. The first-order valence-corrected chi connectivity index (χ1v) is 9.71. The Hall–Kier alpha value is -2.46. The molecular weight excluding hydrogens is 334 g/mol. The Kier molecular flexibility index (Phi) is 4.83. The highest BCUT2D eigenvalue weighted by Gasteiger charge is 2.25. The van der Waals surface area contributed by atoms with Gasteiger partial charge < -0.3 is 14.3 Å². The molecule has 1 unspecified atom stereocenters. The summed E-state index contributed by atoms with van der Waals surface area (Å²) in [5.41, 5.74) is 6.68. The van der Waals surface area contributed by atoms with Gasteiger partial charge in [0.1, 0.15) is 5.78 Å². The van der Waals surface area contributed by atoms with Crippen LogP contribution in [0.4, 0.5) is 0 Å². The Bertz CT molecular complexity index is 974. The van der Waals surface area contributed by atoms with Gasteiger partial charge in [0.2, 0.25) is 0 Å². The van der Waals surface area contributed by atoms with E-state index in [2.05, 4.69) is 46.6 Å². The summed E-state index contributed by atoms with van der Waals surface area (Å²) in [6, 6.07) is 10.9. The molecule has 140 valence electrons. The number of aryl methyl sites for hydroxylation is 1. The first kappa shape index (κ1) is 17.9. The maximum Gasteiger partial charge on any atom is 0.130 e.